The van der Waals surface area contributed by atoms with Crippen LogP contribution in [0.15, 0.2) is 41.0 Å². The minimum absolute atomic E-state index is 0.158. The van der Waals surface area contributed by atoms with Crippen LogP contribution in [0.1, 0.15) is 35.6 Å². The summed E-state index contributed by atoms with van der Waals surface area (Å²) in [5.74, 6) is 2.06. The lowest BCUT2D eigenvalue weighted by Gasteiger charge is -2.19. The van der Waals surface area contributed by atoms with Gasteiger partial charge in [0.1, 0.15) is 5.75 Å². The molecule has 12 heteroatoms. The molecule has 1 atom stereocenters. The fourth-order valence-electron chi connectivity index (χ4n) is 3.02. The molecule has 9 nitrogen and oxygen atoms in total. The fraction of sp³-hybridized carbons (Fsp3) is 0.381. The first-order chi connectivity index (χ1) is 16.0. The van der Waals surface area contributed by atoms with Gasteiger partial charge in [-0.25, -0.2) is 4.98 Å². The van der Waals surface area contributed by atoms with Crippen molar-refractivity contribution in [2.45, 2.75) is 31.1 Å². The molecule has 3 rings (SSSR count). The summed E-state index contributed by atoms with van der Waals surface area (Å²) in [5.41, 5.74) is 0.543. The Bertz CT molecular complexity index is 1040. The predicted octanol–water partition coefficient (Wildman–Crippen LogP) is 3.72. The molecule has 0 aliphatic carbocycles. The molecule has 2 aromatic heterocycles. The number of ether oxygens (including phenoxy) is 1. The van der Waals surface area contributed by atoms with E-state index in [9.17, 15) is 9.59 Å². The van der Waals surface area contributed by atoms with Crippen molar-refractivity contribution in [1.82, 2.24) is 25.1 Å². The number of thiazole rings is 1. The van der Waals surface area contributed by atoms with Gasteiger partial charge in [-0.05, 0) is 49.6 Å². The number of carbonyl (C=O) groups excluding carboxylic acids is 2. The number of thioether (sulfide) groups is 2. The van der Waals surface area contributed by atoms with Crippen molar-refractivity contribution in [2.24, 2.45) is 0 Å². The Labute approximate surface area is 205 Å². The zero-order valence-electron chi connectivity index (χ0n) is 18.6. The first kappa shape index (κ1) is 25.1. The minimum atomic E-state index is -0.307. The molecule has 0 radical (unpaired) electrons. The fourth-order valence-corrected chi connectivity index (χ4v) is 4.84. The number of aromatic nitrogens is 4. The Morgan fingerprint density at radius 1 is 1.24 bits per heavy atom. The Morgan fingerprint density at radius 3 is 2.67 bits per heavy atom. The number of amides is 2. The van der Waals surface area contributed by atoms with Crippen LogP contribution in [0.4, 0.5) is 5.13 Å². The van der Waals surface area contributed by atoms with Crippen molar-refractivity contribution >= 4 is 51.8 Å². The molecule has 33 heavy (non-hydrogen) atoms. The lowest BCUT2D eigenvalue weighted by Crippen LogP contribution is -2.31. The highest BCUT2D eigenvalue weighted by Crippen LogP contribution is 2.24. The van der Waals surface area contributed by atoms with Crippen LogP contribution in [-0.2, 0) is 11.3 Å². The number of benzene rings is 1. The molecule has 0 aliphatic rings. The Morgan fingerprint density at radius 2 is 2.03 bits per heavy atom. The molecule has 0 saturated carbocycles. The summed E-state index contributed by atoms with van der Waals surface area (Å²) in [6.07, 6.45) is 4.37. The van der Waals surface area contributed by atoms with E-state index >= 15 is 0 Å². The number of carbonyl (C=O) groups is 2. The normalized spacial score (nSPS) is 11.7. The molecule has 0 fully saturated rings. The van der Waals surface area contributed by atoms with Gasteiger partial charge >= 0.3 is 0 Å². The first-order valence-electron chi connectivity index (χ1n) is 10.2. The van der Waals surface area contributed by atoms with Crippen LogP contribution in [-0.4, -0.2) is 56.4 Å². The van der Waals surface area contributed by atoms with Gasteiger partial charge in [-0.3, -0.25) is 9.59 Å². The topological polar surface area (TPSA) is 111 Å². The van der Waals surface area contributed by atoms with Crippen molar-refractivity contribution in [3.8, 4) is 5.75 Å². The third kappa shape index (κ3) is 6.95. The van der Waals surface area contributed by atoms with Crippen molar-refractivity contribution in [2.75, 3.05) is 30.2 Å². The van der Waals surface area contributed by atoms with Gasteiger partial charge < -0.3 is 19.9 Å². The van der Waals surface area contributed by atoms with Crippen LogP contribution in [0.3, 0.4) is 0 Å². The number of anilines is 1. The molecule has 1 unspecified atom stereocenters. The predicted molar refractivity (Wildman–Crippen MR) is 133 cm³/mol. The van der Waals surface area contributed by atoms with E-state index in [2.05, 4.69) is 25.8 Å². The van der Waals surface area contributed by atoms with E-state index in [0.717, 1.165) is 5.75 Å². The van der Waals surface area contributed by atoms with Gasteiger partial charge in [0.2, 0.25) is 5.91 Å². The molecular weight excluding hydrogens is 480 g/mol. The van der Waals surface area contributed by atoms with Crippen molar-refractivity contribution in [3.05, 3.63) is 47.2 Å². The SMILES string of the molecule is CCn1c(SCC(=O)Nc2nccs2)nnc1C(CCSC)NC(=O)c1ccc(OC)cc1. The van der Waals surface area contributed by atoms with Crippen LogP contribution in [0.25, 0.3) is 0 Å². The summed E-state index contributed by atoms with van der Waals surface area (Å²) in [6, 6.07) is 6.66. The highest BCUT2D eigenvalue weighted by molar-refractivity contribution is 7.99. The van der Waals surface area contributed by atoms with E-state index < -0.39 is 0 Å². The maximum absolute atomic E-state index is 12.9. The minimum Gasteiger partial charge on any atom is -0.497 e. The third-order valence-corrected chi connectivity index (χ3v) is 6.95. The zero-order valence-corrected chi connectivity index (χ0v) is 21.1. The van der Waals surface area contributed by atoms with Crippen LogP contribution in [0.2, 0.25) is 0 Å². The molecule has 2 heterocycles. The number of rotatable bonds is 12. The highest BCUT2D eigenvalue weighted by atomic mass is 32.2. The maximum Gasteiger partial charge on any atom is 0.251 e. The van der Waals surface area contributed by atoms with E-state index in [4.69, 9.17) is 4.74 Å². The summed E-state index contributed by atoms with van der Waals surface area (Å²) >= 11 is 4.37. The second-order valence-electron chi connectivity index (χ2n) is 6.80. The molecule has 0 spiro atoms. The van der Waals surface area contributed by atoms with E-state index in [1.807, 2.05) is 17.7 Å². The van der Waals surface area contributed by atoms with E-state index in [-0.39, 0.29) is 23.6 Å². The van der Waals surface area contributed by atoms with E-state index in [0.29, 0.717) is 40.4 Å². The van der Waals surface area contributed by atoms with Crippen LogP contribution < -0.4 is 15.4 Å². The summed E-state index contributed by atoms with van der Waals surface area (Å²) in [4.78, 5) is 29.2. The average Bonchev–Trinajstić information content (AvgIpc) is 3.49. The lowest BCUT2D eigenvalue weighted by atomic mass is 10.1. The summed E-state index contributed by atoms with van der Waals surface area (Å²) in [5, 5.41) is 17.5. The summed E-state index contributed by atoms with van der Waals surface area (Å²) in [7, 11) is 1.59. The van der Waals surface area contributed by atoms with Crippen molar-refractivity contribution in [3.63, 3.8) is 0 Å². The van der Waals surface area contributed by atoms with Gasteiger partial charge in [0.25, 0.3) is 5.91 Å². The second kappa shape index (κ2) is 12.6. The van der Waals surface area contributed by atoms with Gasteiger partial charge in [-0.2, -0.15) is 11.8 Å². The molecule has 176 valence electrons. The number of hydrogen-bond acceptors (Lipinski definition) is 9. The zero-order chi connectivity index (χ0) is 23.6. The molecule has 2 amide bonds. The number of nitrogens with one attached hydrogen (secondary N) is 2. The highest BCUT2D eigenvalue weighted by Gasteiger charge is 2.23. The monoisotopic (exact) mass is 506 g/mol. The van der Waals surface area contributed by atoms with E-state index in [1.165, 1.54) is 23.1 Å². The largest absolute Gasteiger partial charge is 0.497 e. The second-order valence-corrected chi connectivity index (χ2v) is 9.62. The molecule has 3 aromatic rings. The van der Waals surface area contributed by atoms with Crippen LogP contribution >= 0.6 is 34.9 Å². The Hall–Kier alpha value is -2.57. The molecular formula is C21H26N6O3S3. The average molecular weight is 507 g/mol. The quantitative estimate of drug-likeness (QED) is 0.358. The molecule has 2 N–H and O–H groups in total. The van der Waals surface area contributed by atoms with Gasteiger partial charge in [0.15, 0.2) is 16.1 Å². The molecule has 0 saturated heterocycles. The van der Waals surface area contributed by atoms with Crippen molar-refractivity contribution in [1.29, 1.82) is 0 Å². The molecule has 0 aliphatic heterocycles. The molecule has 1 aromatic carbocycles. The first-order valence-corrected chi connectivity index (χ1v) is 13.5. The van der Waals surface area contributed by atoms with Crippen LogP contribution in [0, 0.1) is 0 Å². The summed E-state index contributed by atoms with van der Waals surface area (Å²) < 4.78 is 7.11. The Balaban J connectivity index is 1.71. The Kier molecular flexibility index (Phi) is 9.58. The van der Waals surface area contributed by atoms with Gasteiger partial charge in [0, 0.05) is 23.7 Å². The number of nitrogens with zero attached hydrogens (tertiary/aromatic N) is 4. The molecule has 0 bridgehead atoms. The standard InChI is InChI=1S/C21H26N6O3S3/c1-4-27-18(25-26-21(27)33-13-17(28)24-20-22-10-12-32-20)16(9-11-31-3)23-19(29)14-5-7-15(30-2)8-6-14/h5-8,10,12,16H,4,9,11,13H2,1-3H3,(H,23,29)(H,22,24,28). The third-order valence-electron chi connectivity index (χ3n) is 4.65. The number of hydrogen-bond donors (Lipinski definition) is 2. The van der Waals surface area contributed by atoms with Gasteiger partial charge in [-0.15, -0.1) is 21.5 Å². The van der Waals surface area contributed by atoms with Gasteiger partial charge in [0.05, 0.1) is 18.9 Å². The maximum atomic E-state index is 12.9. The van der Waals surface area contributed by atoms with Crippen LogP contribution in [0.5, 0.6) is 5.75 Å². The van der Waals surface area contributed by atoms with Gasteiger partial charge in [-0.1, -0.05) is 11.8 Å². The van der Waals surface area contributed by atoms with E-state index in [1.54, 1.807) is 54.7 Å². The smallest absolute Gasteiger partial charge is 0.251 e. The summed E-state index contributed by atoms with van der Waals surface area (Å²) in [6.45, 7) is 2.61. The lowest BCUT2D eigenvalue weighted by molar-refractivity contribution is -0.113. The van der Waals surface area contributed by atoms with Crippen molar-refractivity contribution < 1.29 is 14.3 Å². The number of methoxy groups -OCH3 is 1.